The van der Waals surface area contributed by atoms with Crippen LogP contribution in [0.4, 0.5) is 5.69 Å². The van der Waals surface area contributed by atoms with Crippen molar-refractivity contribution in [2.24, 2.45) is 5.10 Å². The molecule has 0 saturated carbocycles. The minimum atomic E-state index is -0.728. The number of nitro benzene ring substituents is 1. The summed E-state index contributed by atoms with van der Waals surface area (Å²) in [6.07, 6.45) is 1.22. The number of rotatable bonds is 8. The van der Waals surface area contributed by atoms with E-state index in [0.29, 0.717) is 17.9 Å². The van der Waals surface area contributed by atoms with E-state index in [1.165, 1.54) is 12.3 Å². The average molecular weight is 373 g/mol. The number of carbonyl (C=O) groups is 1. The van der Waals surface area contributed by atoms with Crippen molar-refractivity contribution in [3.8, 4) is 17.2 Å². The maximum atomic E-state index is 12.1. The van der Waals surface area contributed by atoms with E-state index in [4.69, 9.17) is 9.47 Å². The highest BCUT2D eigenvalue weighted by atomic mass is 16.6. The highest BCUT2D eigenvalue weighted by molar-refractivity contribution is 5.95. The molecule has 142 valence electrons. The molecule has 9 heteroatoms. The van der Waals surface area contributed by atoms with Crippen LogP contribution in [0.15, 0.2) is 41.5 Å². The van der Waals surface area contributed by atoms with Crippen LogP contribution in [0.1, 0.15) is 29.8 Å². The van der Waals surface area contributed by atoms with Gasteiger partial charge in [0.1, 0.15) is 5.75 Å². The van der Waals surface area contributed by atoms with E-state index in [1.54, 1.807) is 31.2 Å². The third kappa shape index (κ3) is 5.18. The molecular weight excluding hydrogens is 354 g/mol. The van der Waals surface area contributed by atoms with Crippen molar-refractivity contribution < 1.29 is 24.3 Å². The summed E-state index contributed by atoms with van der Waals surface area (Å²) in [5, 5.41) is 24.7. The van der Waals surface area contributed by atoms with Gasteiger partial charge in [-0.3, -0.25) is 14.9 Å². The van der Waals surface area contributed by atoms with E-state index in [2.05, 4.69) is 10.5 Å². The lowest BCUT2D eigenvalue weighted by Crippen LogP contribution is -2.17. The van der Waals surface area contributed by atoms with E-state index in [9.17, 15) is 20.0 Å². The molecule has 0 aliphatic carbocycles. The number of nitrogens with zero attached hydrogens (tertiary/aromatic N) is 2. The normalized spacial score (nSPS) is 10.6. The van der Waals surface area contributed by atoms with Crippen LogP contribution in [0.25, 0.3) is 0 Å². The predicted octanol–water partition coefficient (Wildman–Crippen LogP) is 2.86. The zero-order valence-electron chi connectivity index (χ0n) is 14.8. The first-order valence-electron chi connectivity index (χ1n) is 8.16. The van der Waals surface area contributed by atoms with Gasteiger partial charge in [0.2, 0.25) is 5.75 Å². The molecule has 9 nitrogen and oxygen atoms in total. The van der Waals surface area contributed by atoms with Crippen LogP contribution < -0.4 is 14.9 Å². The monoisotopic (exact) mass is 373 g/mol. The highest BCUT2D eigenvalue weighted by Crippen LogP contribution is 2.36. The number of phenols is 1. The number of ether oxygens (including phenoxy) is 2. The Hall–Kier alpha value is -3.62. The average Bonchev–Trinajstić information content (AvgIpc) is 2.64. The molecule has 0 aliphatic rings. The van der Waals surface area contributed by atoms with Crippen molar-refractivity contribution >= 4 is 17.8 Å². The van der Waals surface area contributed by atoms with Crippen molar-refractivity contribution in [2.45, 2.75) is 13.8 Å². The summed E-state index contributed by atoms with van der Waals surface area (Å²) in [6.45, 7) is 4.29. The van der Waals surface area contributed by atoms with Gasteiger partial charge in [0.05, 0.1) is 24.4 Å². The number of nitrogens with one attached hydrogen (secondary N) is 1. The Labute approximate surface area is 155 Å². The Balaban J connectivity index is 2.12. The van der Waals surface area contributed by atoms with Gasteiger partial charge in [-0.1, -0.05) is 0 Å². The second kappa shape index (κ2) is 9.18. The fourth-order valence-electron chi connectivity index (χ4n) is 2.19. The zero-order chi connectivity index (χ0) is 19.8. The number of phenolic OH excluding ortho intramolecular Hbond substituents is 1. The lowest BCUT2D eigenvalue weighted by Gasteiger charge is -2.07. The van der Waals surface area contributed by atoms with Crippen molar-refractivity contribution in [2.75, 3.05) is 13.2 Å². The Bertz CT molecular complexity index is 849. The first kappa shape index (κ1) is 19.7. The van der Waals surface area contributed by atoms with Gasteiger partial charge in [-0.25, -0.2) is 5.43 Å². The minimum Gasteiger partial charge on any atom is -0.500 e. The predicted molar refractivity (Wildman–Crippen MR) is 98.6 cm³/mol. The molecule has 0 aliphatic heterocycles. The summed E-state index contributed by atoms with van der Waals surface area (Å²) >= 11 is 0. The molecule has 0 saturated heterocycles. The first-order chi connectivity index (χ1) is 13.0. The minimum absolute atomic E-state index is 0.0361. The number of hydrogen-bond acceptors (Lipinski definition) is 7. The number of hydrogen-bond donors (Lipinski definition) is 2. The quantitative estimate of drug-likeness (QED) is 0.417. The number of hydrazone groups is 1. The number of nitro groups is 1. The van der Waals surface area contributed by atoms with E-state index < -0.39 is 22.3 Å². The summed E-state index contributed by atoms with van der Waals surface area (Å²) in [7, 11) is 0. The van der Waals surface area contributed by atoms with Gasteiger partial charge in [0, 0.05) is 17.2 Å². The van der Waals surface area contributed by atoms with Gasteiger partial charge in [0.25, 0.3) is 5.91 Å². The second-order valence-electron chi connectivity index (χ2n) is 5.23. The van der Waals surface area contributed by atoms with Gasteiger partial charge >= 0.3 is 5.69 Å². The fraction of sp³-hybridized carbons (Fsp3) is 0.222. The summed E-state index contributed by atoms with van der Waals surface area (Å²) in [5.41, 5.74) is 2.48. The van der Waals surface area contributed by atoms with Gasteiger partial charge in [-0.2, -0.15) is 5.10 Å². The van der Waals surface area contributed by atoms with Crippen LogP contribution in [0.2, 0.25) is 0 Å². The molecule has 2 rings (SSSR count). The summed E-state index contributed by atoms with van der Waals surface area (Å²) < 4.78 is 10.5. The van der Waals surface area contributed by atoms with Crippen molar-refractivity contribution in [1.82, 2.24) is 5.43 Å². The first-order valence-corrected chi connectivity index (χ1v) is 8.16. The molecule has 2 aromatic carbocycles. The summed E-state index contributed by atoms with van der Waals surface area (Å²) in [5.74, 6) is -0.395. The van der Waals surface area contributed by atoms with E-state index >= 15 is 0 Å². The maximum absolute atomic E-state index is 12.1. The standard InChI is InChI=1S/C18H19N3O6/c1-3-26-14-7-5-13(6-8-14)18(23)20-19-11-12-9-15(21(24)25)17(22)16(10-12)27-4-2/h5-11,22H,3-4H2,1-2H3,(H,20,23)/b19-11-. The number of aromatic hydroxyl groups is 1. The van der Waals surface area contributed by atoms with Crippen molar-refractivity contribution in [1.29, 1.82) is 0 Å². The lowest BCUT2D eigenvalue weighted by atomic mass is 10.2. The molecule has 0 fully saturated rings. The highest BCUT2D eigenvalue weighted by Gasteiger charge is 2.19. The maximum Gasteiger partial charge on any atom is 0.315 e. The summed E-state index contributed by atoms with van der Waals surface area (Å²) in [4.78, 5) is 22.4. The van der Waals surface area contributed by atoms with Gasteiger partial charge in [-0.15, -0.1) is 0 Å². The van der Waals surface area contributed by atoms with Crippen molar-refractivity contribution in [3.63, 3.8) is 0 Å². The molecule has 0 heterocycles. The third-order valence-corrected chi connectivity index (χ3v) is 3.38. The Morgan fingerprint density at radius 1 is 1.22 bits per heavy atom. The second-order valence-corrected chi connectivity index (χ2v) is 5.23. The van der Waals surface area contributed by atoms with Crippen LogP contribution in [-0.4, -0.2) is 35.4 Å². The number of carbonyl (C=O) groups excluding carboxylic acids is 1. The number of benzene rings is 2. The zero-order valence-corrected chi connectivity index (χ0v) is 14.8. The van der Waals surface area contributed by atoms with E-state index in [0.717, 1.165) is 6.07 Å². The molecule has 0 unspecified atom stereocenters. The Morgan fingerprint density at radius 3 is 2.48 bits per heavy atom. The van der Waals surface area contributed by atoms with Gasteiger partial charge < -0.3 is 14.6 Å². The van der Waals surface area contributed by atoms with Crippen LogP contribution in [-0.2, 0) is 0 Å². The van der Waals surface area contributed by atoms with Gasteiger partial charge in [-0.05, 0) is 44.2 Å². The Kier molecular flexibility index (Phi) is 6.70. The van der Waals surface area contributed by atoms with Crippen LogP contribution >= 0.6 is 0 Å². The SMILES string of the molecule is CCOc1ccc(C(=O)N/N=C\c2cc(OCC)c(O)c([N+](=O)[O-])c2)cc1. The molecule has 0 spiro atoms. The van der Waals surface area contributed by atoms with Crippen LogP contribution in [0.3, 0.4) is 0 Å². The Morgan fingerprint density at radius 2 is 1.89 bits per heavy atom. The molecule has 1 amide bonds. The van der Waals surface area contributed by atoms with Crippen LogP contribution in [0, 0.1) is 10.1 Å². The molecule has 0 radical (unpaired) electrons. The van der Waals surface area contributed by atoms with E-state index in [1.807, 2.05) is 6.92 Å². The topological polar surface area (TPSA) is 123 Å². The third-order valence-electron chi connectivity index (χ3n) is 3.38. The molecule has 2 aromatic rings. The fourth-order valence-corrected chi connectivity index (χ4v) is 2.19. The molecule has 2 N–H and O–H groups in total. The lowest BCUT2D eigenvalue weighted by molar-refractivity contribution is -0.386. The smallest absolute Gasteiger partial charge is 0.315 e. The molecule has 27 heavy (non-hydrogen) atoms. The van der Waals surface area contributed by atoms with E-state index in [-0.39, 0.29) is 17.9 Å². The largest absolute Gasteiger partial charge is 0.500 e. The van der Waals surface area contributed by atoms with Crippen LogP contribution in [0.5, 0.6) is 17.2 Å². The molecular formula is C18H19N3O6. The molecule has 0 bridgehead atoms. The number of amides is 1. The molecule has 0 aromatic heterocycles. The van der Waals surface area contributed by atoms with Crippen molar-refractivity contribution in [3.05, 3.63) is 57.6 Å². The summed E-state index contributed by atoms with van der Waals surface area (Å²) in [6, 6.07) is 9.03. The molecule has 0 atom stereocenters. The van der Waals surface area contributed by atoms with Gasteiger partial charge in [0.15, 0.2) is 5.75 Å².